The van der Waals surface area contributed by atoms with Gasteiger partial charge < -0.3 is 5.32 Å². The highest BCUT2D eigenvalue weighted by atomic mass is 32.1. The number of hydrogen-bond donors (Lipinski definition) is 1. The Labute approximate surface area is 189 Å². The van der Waals surface area contributed by atoms with Crippen LogP contribution in [-0.4, -0.2) is 26.5 Å². The summed E-state index contributed by atoms with van der Waals surface area (Å²) in [4.78, 5) is 17.1. The van der Waals surface area contributed by atoms with Crippen molar-refractivity contribution in [1.82, 2.24) is 19.9 Å². The lowest BCUT2D eigenvalue weighted by atomic mass is 10.0. The molecule has 0 amide bonds. The van der Waals surface area contributed by atoms with Crippen LogP contribution >= 0.6 is 11.3 Å². The van der Waals surface area contributed by atoms with E-state index in [1.54, 1.807) is 11.3 Å². The predicted molar refractivity (Wildman–Crippen MR) is 127 cm³/mol. The molecule has 0 saturated heterocycles. The Morgan fingerprint density at radius 1 is 0.906 bits per heavy atom. The lowest BCUT2D eigenvalue weighted by Crippen LogP contribution is -2.08. The molecule has 0 atom stereocenters. The van der Waals surface area contributed by atoms with Crippen molar-refractivity contribution in [3.63, 3.8) is 0 Å². The van der Waals surface area contributed by atoms with Gasteiger partial charge in [-0.2, -0.15) is 4.39 Å². The number of halogens is 1. The molecular weight excluding hydrogens is 421 g/mol. The van der Waals surface area contributed by atoms with Crippen LogP contribution in [0.15, 0.2) is 72.4 Å². The van der Waals surface area contributed by atoms with Crippen molar-refractivity contribution in [3.8, 4) is 22.4 Å². The van der Waals surface area contributed by atoms with Gasteiger partial charge in [0.15, 0.2) is 0 Å². The van der Waals surface area contributed by atoms with E-state index < -0.39 is 5.95 Å². The van der Waals surface area contributed by atoms with Gasteiger partial charge in [-0.3, -0.25) is 0 Å². The number of fused-ring (bicyclic) bond motifs is 1. The first-order valence-corrected chi connectivity index (χ1v) is 11.2. The van der Waals surface area contributed by atoms with Gasteiger partial charge in [0.05, 0.1) is 21.4 Å². The van der Waals surface area contributed by atoms with E-state index in [1.165, 1.54) is 12.3 Å². The molecule has 5 rings (SSSR count). The number of hydrogen-bond acceptors (Lipinski definition) is 6. The van der Waals surface area contributed by atoms with Crippen molar-refractivity contribution in [1.29, 1.82) is 0 Å². The van der Waals surface area contributed by atoms with E-state index in [9.17, 15) is 4.39 Å². The van der Waals surface area contributed by atoms with Gasteiger partial charge in [-0.15, -0.1) is 11.3 Å². The summed E-state index contributed by atoms with van der Waals surface area (Å²) < 4.78 is 14.6. The van der Waals surface area contributed by atoms with E-state index in [-0.39, 0.29) is 0 Å². The summed E-state index contributed by atoms with van der Waals surface area (Å²) in [5.41, 5.74) is 7.74. The fraction of sp³-hybridized carbons (Fsp3) is 0.120. The molecule has 0 radical (unpaired) electrons. The normalized spacial score (nSPS) is 11.1. The highest BCUT2D eigenvalue weighted by molar-refractivity contribution is 7.16. The zero-order valence-electron chi connectivity index (χ0n) is 17.4. The first-order valence-electron chi connectivity index (χ1n) is 10.3. The zero-order chi connectivity index (χ0) is 21.9. The molecule has 0 aliphatic heterocycles. The van der Waals surface area contributed by atoms with Crippen LogP contribution in [0.1, 0.15) is 11.4 Å². The lowest BCUT2D eigenvalue weighted by Gasteiger charge is -2.10. The number of anilines is 1. The topological polar surface area (TPSA) is 63.6 Å². The number of thiazole rings is 1. The number of aryl methyl sites for hydroxylation is 1. The fourth-order valence-electron chi connectivity index (χ4n) is 3.64. The third-order valence-corrected chi connectivity index (χ3v) is 5.96. The molecule has 0 spiro atoms. The molecule has 5 nitrogen and oxygen atoms in total. The molecule has 0 aliphatic carbocycles. The van der Waals surface area contributed by atoms with Gasteiger partial charge in [-0.05, 0) is 48.2 Å². The predicted octanol–water partition coefficient (Wildman–Crippen LogP) is 5.92. The van der Waals surface area contributed by atoms with Gasteiger partial charge in [0.2, 0.25) is 5.95 Å². The second kappa shape index (κ2) is 8.80. The molecule has 0 aliphatic rings. The summed E-state index contributed by atoms with van der Waals surface area (Å²) in [6.45, 7) is 2.62. The molecule has 1 N–H and O–H groups in total. The van der Waals surface area contributed by atoms with Gasteiger partial charge in [0, 0.05) is 30.4 Å². The molecule has 3 heterocycles. The summed E-state index contributed by atoms with van der Waals surface area (Å²) in [5, 5.41) is 3.41. The Hall–Kier alpha value is -3.71. The Morgan fingerprint density at radius 3 is 2.72 bits per heavy atom. The van der Waals surface area contributed by atoms with Gasteiger partial charge in [0.25, 0.3) is 0 Å². The number of benzene rings is 2. The third kappa shape index (κ3) is 4.48. The Balaban J connectivity index is 1.30. The van der Waals surface area contributed by atoms with Crippen molar-refractivity contribution in [3.05, 3.63) is 89.7 Å². The average Bonchev–Trinajstić information content (AvgIpc) is 3.27. The first-order chi connectivity index (χ1) is 15.6. The Bertz CT molecular complexity index is 1400. The van der Waals surface area contributed by atoms with E-state index in [4.69, 9.17) is 0 Å². The molecule has 32 heavy (non-hydrogen) atoms. The summed E-state index contributed by atoms with van der Waals surface area (Å²) in [7, 11) is 0. The number of pyridine rings is 1. The Kier molecular flexibility index (Phi) is 5.56. The SMILES string of the molecule is Cc1nc(NCCc2cccc(-c3ccnc(F)c3)c2)cc(-c2ccc3ncsc3c2)n1. The first kappa shape index (κ1) is 20.2. The second-order valence-electron chi connectivity index (χ2n) is 7.46. The summed E-state index contributed by atoms with van der Waals surface area (Å²) in [6, 6.07) is 19.5. The number of aromatic nitrogens is 4. The molecule has 0 bridgehead atoms. The maximum Gasteiger partial charge on any atom is 0.213 e. The minimum atomic E-state index is -0.473. The minimum absolute atomic E-state index is 0.473. The quantitative estimate of drug-likeness (QED) is 0.332. The van der Waals surface area contributed by atoms with Gasteiger partial charge >= 0.3 is 0 Å². The largest absolute Gasteiger partial charge is 0.370 e. The number of nitrogens with one attached hydrogen (secondary N) is 1. The van der Waals surface area contributed by atoms with E-state index in [2.05, 4.69) is 43.5 Å². The van der Waals surface area contributed by atoms with Crippen molar-refractivity contribution in [2.45, 2.75) is 13.3 Å². The van der Waals surface area contributed by atoms with Gasteiger partial charge in [0.1, 0.15) is 11.6 Å². The highest BCUT2D eigenvalue weighted by Crippen LogP contribution is 2.26. The molecule has 7 heteroatoms. The maximum atomic E-state index is 13.5. The van der Waals surface area contributed by atoms with Crippen LogP contribution in [0.4, 0.5) is 10.2 Å². The van der Waals surface area contributed by atoms with Crippen LogP contribution in [0.2, 0.25) is 0 Å². The van der Waals surface area contributed by atoms with Crippen molar-refractivity contribution < 1.29 is 4.39 Å². The number of rotatable bonds is 6. The standard InChI is InChI=1S/C25H20FN5S/c1-16-30-22(20-5-6-21-23(12-20)32-15-29-21)14-25(31-16)28-9-7-17-3-2-4-18(11-17)19-8-10-27-24(26)13-19/h2-6,8,10-15H,7,9H2,1H3,(H,28,30,31). The van der Waals surface area contributed by atoms with E-state index in [0.717, 1.165) is 62.8 Å². The molecule has 0 unspecified atom stereocenters. The fourth-order valence-corrected chi connectivity index (χ4v) is 4.36. The van der Waals surface area contributed by atoms with Gasteiger partial charge in [-0.1, -0.05) is 30.3 Å². The van der Waals surface area contributed by atoms with Crippen LogP contribution < -0.4 is 5.32 Å². The van der Waals surface area contributed by atoms with E-state index in [0.29, 0.717) is 0 Å². The molecule has 2 aromatic carbocycles. The van der Waals surface area contributed by atoms with Crippen LogP contribution in [0.5, 0.6) is 0 Å². The summed E-state index contributed by atoms with van der Waals surface area (Å²) >= 11 is 1.62. The molecule has 0 saturated carbocycles. The molecule has 0 fully saturated rings. The van der Waals surface area contributed by atoms with Crippen molar-refractivity contribution >= 4 is 27.4 Å². The number of nitrogens with zero attached hydrogens (tertiary/aromatic N) is 4. The zero-order valence-corrected chi connectivity index (χ0v) is 18.2. The van der Waals surface area contributed by atoms with E-state index in [1.807, 2.05) is 48.8 Å². The molecule has 3 aromatic heterocycles. The molecule has 5 aromatic rings. The monoisotopic (exact) mass is 441 g/mol. The van der Waals surface area contributed by atoms with E-state index >= 15 is 0 Å². The van der Waals surface area contributed by atoms with Gasteiger partial charge in [-0.25, -0.2) is 19.9 Å². The van der Waals surface area contributed by atoms with Crippen LogP contribution in [0.3, 0.4) is 0 Å². The summed E-state index contributed by atoms with van der Waals surface area (Å²) in [6.07, 6.45) is 2.30. The summed E-state index contributed by atoms with van der Waals surface area (Å²) in [5.74, 6) is 1.04. The minimum Gasteiger partial charge on any atom is -0.370 e. The van der Waals surface area contributed by atoms with Crippen molar-refractivity contribution in [2.75, 3.05) is 11.9 Å². The second-order valence-corrected chi connectivity index (χ2v) is 8.35. The molecular formula is C25H20FN5S. The molecule has 158 valence electrons. The smallest absolute Gasteiger partial charge is 0.213 e. The average molecular weight is 442 g/mol. The Morgan fingerprint density at radius 2 is 1.81 bits per heavy atom. The van der Waals surface area contributed by atoms with Crippen LogP contribution in [0.25, 0.3) is 32.6 Å². The maximum absolute atomic E-state index is 13.5. The van der Waals surface area contributed by atoms with Crippen LogP contribution in [-0.2, 0) is 6.42 Å². The highest BCUT2D eigenvalue weighted by Gasteiger charge is 2.07. The lowest BCUT2D eigenvalue weighted by molar-refractivity contribution is 0.584. The van der Waals surface area contributed by atoms with Crippen molar-refractivity contribution in [2.24, 2.45) is 0 Å². The third-order valence-electron chi connectivity index (χ3n) is 5.17. The van der Waals surface area contributed by atoms with Crippen LogP contribution in [0, 0.1) is 12.9 Å².